The molecule has 0 spiro atoms. The summed E-state index contributed by atoms with van der Waals surface area (Å²) in [4.78, 5) is 12.2. The van der Waals surface area contributed by atoms with Crippen molar-refractivity contribution in [2.45, 2.75) is 13.3 Å². The van der Waals surface area contributed by atoms with E-state index in [1.54, 1.807) is 26.2 Å². The maximum atomic E-state index is 12.2. The van der Waals surface area contributed by atoms with Gasteiger partial charge < -0.3 is 14.2 Å². The Bertz CT molecular complexity index is 1040. The molecule has 138 valence electrons. The summed E-state index contributed by atoms with van der Waals surface area (Å²) < 4.78 is 16.2. The molecule has 3 aromatic rings. The lowest BCUT2D eigenvalue weighted by Gasteiger charge is -2.09. The maximum absolute atomic E-state index is 12.2. The Kier molecular flexibility index (Phi) is 4.54. The number of aromatic amines is 1. The molecule has 1 aliphatic rings. The van der Waals surface area contributed by atoms with Gasteiger partial charge in [-0.1, -0.05) is 12.1 Å². The predicted octanol–water partition coefficient (Wildman–Crippen LogP) is 3.85. The quantitative estimate of drug-likeness (QED) is 0.696. The molecule has 4 rings (SSSR count). The first-order chi connectivity index (χ1) is 13.2. The fourth-order valence-electron chi connectivity index (χ4n) is 3.29. The topological polar surface area (TPSA) is 73.4 Å². The molecule has 0 aliphatic carbocycles. The zero-order valence-corrected chi connectivity index (χ0v) is 15.2. The van der Waals surface area contributed by atoms with Gasteiger partial charge >= 0.3 is 5.97 Å². The van der Waals surface area contributed by atoms with Gasteiger partial charge in [-0.2, -0.15) is 5.10 Å². The number of ether oxygens (including phenoxy) is 3. The number of H-pyrrole nitrogens is 1. The number of benzene rings is 2. The van der Waals surface area contributed by atoms with Gasteiger partial charge in [0.05, 0.1) is 36.9 Å². The first-order valence-corrected chi connectivity index (χ1v) is 8.87. The largest absolute Gasteiger partial charge is 0.495 e. The maximum Gasteiger partial charge on any atom is 0.341 e. The average molecular weight is 364 g/mol. The average Bonchev–Trinajstić information content (AvgIpc) is 3.32. The number of hydrogen-bond acceptors (Lipinski definition) is 5. The molecule has 0 amide bonds. The Labute approximate surface area is 156 Å². The number of fused-ring (bicyclic) bond motifs is 2. The van der Waals surface area contributed by atoms with E-state index in [1.165, 1.54) is 5.56 Å². The molecule has 1 N–H and O–H groups in total. The molecule has 0 saturated heterocycles. The summed E-state index contributed by atoms with van der Waals surface area (Å²) in [5.41, 5.74) is 4.16. The van der Waals surface area contributed by atoms with Gasteiger partial charge in [0, 0.05) is 6.42 Å². The molecule has 2 heterocycles. The van der Waals surface area contributed by atoms with Crippen molar-refractivity contribution in [3.63, 3.8) is 0 Å². The Morgan fingerprint density at radius 3 is 3.00 bits per heavy atom. The van der Waals surface area contributed by atoms with Gasteiger partial charge in [0.15, 0.2) is 0 Å². The van der Waals surface area contributed by atoms with Crippen LogP contribution in [0.3, 0.4) is 0 Å². The lowest BCUT2D eigenvalue weighted by Crippen LogP contribution is -2.07. The van der Waals surface area contributed by atoms with Gasteiger partial charge in [0.25, 0.3) is 0 Å². The Balaban J connectivity index is 1.73. The molecule has 0 unspecified atom stereocenters. The molecule has 1 aromatic heterocycles. The minimum atomic E-state index is -0.411. The van der Waals surface area contributed by atoms with Crippen molar-refractivity contribution >= 4 is 29.0 Å². The van der Waals surface area contributed by atoms with Crippen LogP contribution in [0.2, 0.25) is 0 Å². The number of nitrogens with one attached hydrogen (secondary N) is 1. The molecule has 1 aliphatic heterocycles. The molecule has 0 radical (unpaired) electrons. The Hall–Kier alpha value is -3.28. The van der Waals surface area contributed by atoms with E-state index in [0.717, 1.165) is 35.2 Å². The minimum absolute atomic E-state index is 0.306. The monoisotopic (exact) mass is 364 g/mol. The van der Waals surface area contributed by atoms with Crippen LogP contribution in [-0.2, 0) is 11.2 Å². The first-order valence-electron chi connectivity index (χ1n) is 8.87. The normalized spacial score (nSPS) is 13.0. The number of carbonyl (C=O) groups excluding carboxylic acids is 1. The van der Waals surface area contributed by atoms with Gasteiger partial charge in [-0.15, -0.1) is 0 Å². The molecular weight excluding hydrogens is 344 g/mol. The fraction of sp³-hybridized carbons (Fsp3) is 0.238. The molecule has 2 aromatic carbocycles. The third-order valence-electron chi connectivity index (χ3n) is 4.56. The van der Waals surface area contributed by atoms with E-state index in [2.05, 4.69) is 16.3 Å². The number of hydrogen-bond donors (Lipinski definition) is 1. The van der Waals surface area contributed by atoms with Crippen molar-refractivity contribution in [1.82, 2.24) is 10.2 Å². The standard InChI is InChI=1S/C21H20N2O4/c1-3-26-21(24)15-6-8-17-19(20(15)25-2)16(22-23-17)7-4-13-5-9-18-14(12-13)10-11-27-18/h4-9,12H,3,10-11H2,1-2H3,(H,22,23)/b7-4+. The highest BCUT2D eigenvalue weighted by molar-refractivity contribution is 6.03. The highest BCUT2D eigenvalue weighted by Crippen LogP contribution is 2.33. The molecule has 27 heavy (non-hydrogen) atoms. The van der Waals surface area contributed by atoms with Crippen LogP contribution in [-0.4, -0.2) is 36.5 Å². The SMILES string of the molecule is CCOC(=O)c1ccc2[nH]nc(/C=C/c3ccc4c(c3)CCO4)c2c1OC. The van der Waals surface area contributed by atoms with Crippen LogP contribution in [0.4, 0.5) is 0 Å². The molecule has 0 saturated carbocycles. The van der Waals surface area contributed by atoms with Crippen molar-refractivity contribution in [1.29, 1.82) is 0 Å². The van der Waals surface area contributed by atoms with Gasteiger partial charge in [-0.3, -0.25) is 5.10 Å². The summed E-state index contributed by atoms with van der Waals surface area (Å²) >= 11 is 0. The zero-order valence-electron chi connectivity index (χ0n) is 15.2. The van der Waals surface area contributed by atoms with E-state index in [9.17, 15) is 4.79 Å². The van der Waals surface area contributed by atoms with Crippen LogP contribution in [0.5, 0.6) is 11.5 Å². The molecule has 0 atom stereocenters. The number of carbonyl (C=O) groups is 1. The third-order valence-corrected chi connectivity index (χ3v) is 4.56. The molecule has 0 bridgehead atoms. The minimum Gasteiger partial charge on any atom is -0.495 e. The van der Waals surface area contributed by atoms with E-state index in [4.69, 9.17) is 14.2 Å². The van der Waals surface area contributed by atoms with Crippen molar-refractivity contribution in [2.75, 3.05) is 20.3 Å². The van der Waals surface area contributed by atoms with E-state index < -0.39 is 5.97 Å². The summed E-state index contributed by atoms with van der Waals surface area (Å²) in [6.45, 7) is 2.82. The van der Waals surface area contributed by atoms with Crippen molar-refractivity contribution in [3.8, 4) is 11.5 Å². The highest BCUT2D eigenvalue weighted by atomic mass is 16.5. The molecule has 6 heteroatoms. The second kappa shape index (κ2) is 7.15. The van der Waals surface area contributed by atoms with Crippen molar-refractivity contribution in [3.05, 3.63) is 52.7 Å². The van der Waals surface area contributed by atoms with Crippen LogP contribution >= 0.6 is 0 Å². The van der Waals surface area contributed by atoms with Crippen molar-refractivity contribution in [2.24, 2.45) is 0 Å². The Morgan fingerprint density at radius 1 is 1.30 bits per heavy atom. The third kappa shape index (κ3) is 3.14. The van der Waals surface area contributed by atoms with Crippen LogP contribution in [0.25, 0.3) is 23.1 Å². The number of esters is 1. The lowest BCUT2D eigenvalue weighted by molar-refractivity contribution is 0.0523. The smallest absolute Gasteiger partial charge is 0.341 e. The van der Waals surface area contributed by atoms with Crippen LogP contribution in [0, 0.1) is 0 Å². The van der Waals surface area contributed by atoms with E-state index in [0.29, 0.717) is 23.6 Å². The zero-order chi connectivity index (χ0) is 18.8. The first kappa shape index (κ1) is 17.1. The molecular formula is C21H20N2O4. The second-order valence-electron chi connectivity index (χ2n) is 6.20. The summed E-state index contributed by atoms with van der Waals surface area (Å²) in [6.07, 6.45) is 4.83. The predicted molar refractivity (Wildman–Crippen MR) is 103 cm³/mol. The summed E-state index contributed by atoms with van der Waals surface area (Å²) in [6, 6.07) is 9.61. The van der Waals surface area contributed by atoms with Crippen molar-refractivity contribution < 1.29 is 19.0 Å². The highest BCUT2D eigenvalue weighted by Gasteiger charge is 2.19. The summed E-state index contributed by atoms with van der Waals surface area (Å²) in [5.74, 6) is 1.01. The van der Waals surface area contributed by atoms with E-state index in [1.807, 2.05) is 24.3 Å². The number of nitrogens with zero attached hydrogens (tertiary/aromatic N) is 1. The van der Waals surface area contributed by atoms with Gasteiger partial charge in [-0.25, -0.2) is 4.79 Å². The summed E-state index contributed by atoms with van der Waals surface area (Å²) in [7, 11) is 1.54. The van der Waals surface area contributed by atoms with E-state index >= 15 is 0 Å². The number of rotatable bonds is 5. The van der Waals surface area contributed by atoms with Crippen LogP contribution < -0.4 is 9.47 Å². The van der Waals surface area contributed by atoms with Gasteiger partial charge in [-0.05, 0) is 48.4 Å². The fourth-order valence-corrected chi connectivity index (χ4v) is 3.29. The van der Waals surface area contributed by atoms with Crippen LogP contribution in [0.1, 0.15) is 34.1 Å². The Morgan fingerprint density at radius 2 is 2.19 bits per heavy atom. The molecule has 6 nitrogen and oxygen atoms in total. The van der Waals surface area contributed by atoms with Crippen LogP contribution in [0.15, 0.2) is 30.3 Å². The summed E-state index contributed by atoms with van der Waals surface area (Å²) in [5, 5.41) is 8.11. The second-order valence-corrected chi connectivity index (χ2v) is 6.20. The van der Waals surface area contributed by atoms with Gasteiger partial charge in [0.2, 0.25) is 0 Å². The van der Waals surface area contributed by atoms with Gasteiger partial charge in [0.1, 0.15) is 17.1 Å². The van der Waals surface area contributed by atoms with E-state index in [-0.39, 0.29) is 0 Å². The number of aromatic nitrogens is 2. The number of methoxy groups -OCH3 is 1. The molecule has 0 fully saturated rings. The lowest BCUT2D eigenvalue weighted by atomic mass is 10.1.